The van der Waals surface area contributed by atoms with Crippen LogP contribution in [0.4, 0.5) is 0 Å². The van der Waals surface area contributed by atoms with E-state index in [2.05, 4.69) is 18.0 Å². The largest absolute Gasteiger partial charge is 1.00 e. The Bertz CT molecular complexity index is 356. The first-order valence-corrected chi connectivity index (χ1v) is 11.9. The molecule has 0 aromatic heterocycles. The van der Waals surface area contributed by atoms with Crippen LogP contribution in [-0.2, 0) is 14.6 Å². The Morgan fingerprint density at radius 1 is 0.692 bits per heavy atom. The monoisotopic (exact) mass is 416 g/mol. The van der Waals surface area contributed by atoms with Crippen molar-refractivity contribution < 1.29 is 68.5 Å². The fourth-order valence-corrected chi connectivity index (χ4v) is 3.63. The van der Waals surface area contributed by atoms with Crippen molar-refractivity contribution in [2.45, 2.75) is 117 Å². The zero-order valence-corrected chi connectivity index (χ0v) is 21.6. The number of hydrogen-bond acceptors (Lipinski definition) is 4. The van der Waals surface area contributed by atoms with E-state index in [0.29, 0.717) is 0 Å². The van der Waals surface area contributed by atoms with E-state index in [1.807, 2.05) is 0 Å². The van der Waals surface area contributed by atoms with Crippen LogP contribution in [0.15, 0.2) is 0 Å². The summed E-state index contributed by atoms with van der Waals surface area (Å²) in [6.07, 6.45) is 19.4. The molecule has 4 nitrogen and oxygen atoms in total. The average molecular weight is 417 g/mol. The zero-order chi connectivity index (χ0) is 18.8. The second kappa shape index (κ2) is 21.2. The standard InChI is InChI=1S/C20H42O4S.K/c1-3-5-7-9-11-13-15-17-20(19-24-25(21,22)23)18-16-14-12-10-8-6-4-2;/h20H,3-19H2,1-2H3,(H,21,22,23);/q;+1/p-1. The second-order valence-corrected chi connectivity index (χ2v) is 8.43. The van der Waals surface area contributed by atoms with E-state index in [-0.39, 0.29) is 63.9 Å². The number of rotatable bonds is 19. The predicted molar refractivity (Wildman–Crippen MR) is 104 cm³/mol. The molecule has 0 saturated heterocycles. The summed E-state index contributed by atoms with van der Waals surface area (Å²) in [6.45, 7) is 4.51. The molecule has 0 aliphatic heterocycles. The molecule has 6 heteroatoms. The third-order valence-corrected chi connectivity index (χ3v) is 5.30. The summed E-state index contributed by atoms with van der Waals surface area (Å²) in [6, 6.07) is 0. The molecule has 0 saturated carbocycles. The van der Waals surface area contributed by atoms with Gasteiger partial charge >= 0.3 is 51.4 Å². The van der Waals surface area contributed by atoms with Crippen LogP contribution in [0.1, 0.15) is 117 Å². The predicted octanol–water partition coefficient (Wildman–Crippen LogP) is 3.36. The molecule has 0 fully saturated rings. The molecule has 0 rings (SSSR count). The molecule has 152 valence electrons. The van der Waals surface area contributed by atoms with Crippen molar-refractivity contribution in [2.75, 3.05) is 6.61 Å². The Morgan fingerprint density at radius 2 is 1.04 bits per heavy atom. The number of unbranched alkanes of at least 4 members (excludes halogenated alkanes) is 12. The van der Waals surface area contributed by atoms with Gasteiger partial charge in [0.1, 0.15) is 0 Å². The smallest absolute Gasteiger partial charge is 0.726 e. The van der Waals surface area contributed by atoms with Gasteiger partial charge < -0.3 is 4.55 Å². The fourth-order valence-electron chi connectivity index (χ4n) is 3.27. The Labute approximate surface area is 206 Å². The van der Waals surface area contributed by atoms with Gasteiger partial charge in [-0.15, -0.1) is 0 Å². The molecule has 0 aromatic rings. The maximum absolute atomic E-state index is 10.7. The molecule has 0 aliphatic rings. The normalized spacial score (nSPS) is 11.7. The van der Waals surface area contributed by atoms with Crippen molar-refractivity contribution in [3.8, 4) is 0 Å². The van der Waals surface area contributed by atoms with Crippen molar-refractivity contribution in [1.82, 2.24) is 0 Å². The van der Waals surface area contributed by atoms with Crippen molar-refractivity contribution in [3.05, 3.63) is 0 Å². The first kappa shape index (κ1) is 29.7. The first-order valence-electron chi connectivity index (χ1n) is 10.6. The summed E-state index contributed by atoms with van der Waals surface area (Å²) in [5.74, 6) is 0.204. The maximum atomic E-state index is 10.7. The van der Waals surface area contributed by atoms with Crippen LogP contribution in [0.2, 0.25) is 0 Å². The summed E-state index contributed by atoms with van der Waals surface area (Å²) in [5.41, 5.74) is 0. The molecule has 0 spiro atoms. The van der Waals surface area contributed by atoms with Gasteiger partial charge in [-0.2, -0.15) is 0 Å². The van der Waals surface area contributed by atoms with Gasteiger partial charge in [-0.3, -0.25) is 4.18 Å². The molecule has 26 heavy (non-hydrogen) atoms. The minimum atomic E-state index is -4.56. The van der Waals surface area contributed by atoms with E-state index in [0.717, 1.165) is 25.7 Å². The van der Waals surface area contributed by atoms with Crippen molar-refractivity contribution in [1.29, 1.82) is 0 Å². The van der Waals surface area contributed by atoms with Gasteiger partial charge in [0.05, 0.1) is 6.61 Å². The molecule has 0 N–H and O–H groups in total. The van der Waals surface area contributed by atoms with Crippen LogP contribution >= 0.6 is 0 Å². The molecule has 0 bridgehead atoms. The third kappa shape index (κ3) is 23.5. The van der Waals surface area contributed by atoms with Crippen LogP contribution in [0.3, 0.4) is 0 Å². The van der Waals surface area contributed by atoms with Crippen molar-refractivity contribution in [2.24, 2.45) is 5.92 Å². The average Bonchev–Trinajstić information content (AvgIpc) is 2.56. The van der Waals surface area contributed by atoms with Crippen molar-refractivity contribution >= 4 is 10.4 Å². The van der Waals surface area contributed by atoms with E-state index >= 15 is 0 Å². The molecule has 0 heterocycles. The summed E-state index contributed by atoms with van der Waals surface area (Å²) < 4.78 is 36.7. The van der Waals surface area contributed by atoms with Gasteiger partial charge in [0.2, 0.25) is 10.4 Å². The summed E-state index contributed by atoms with van der Waals surface area (Å²) >= 11 is 0. The molecule has 0 atom stereocenters. The Hall–Kier alpha value is 1.51. The van der Waals surface area contributed by atoms with Crippen LogP contribution in [0, 0.1) is 5.92 Å². The van der Waals surface area contributed by atoms with Gasteiger partial charge in [-0.25, -0.2) is 8.42 Å². The summed E-state index contributed by atoms with van der Waals surface area (Å²) in [5, 5.41) is 0. The minimum absolute atomic E-state index is 0. The molecule has 0 aliphatic carbocycles. The molecular weight excluding hydrogens is 375 g/mol. The third-order valence-electron chi connectivity index (χ3n) is 4.88. The van der Waals surface area contributed by atoms with Crippen LogP contribution < -0.4 is 51.4 Å². The SMILES string of the molecule is CCCCCCCCCC(CCCCCCCCC)COS(=O)(=O)[O-].[K+]. The molecule has 0 amide bonds. The first-order chi connectivity index (χ1) is 12.0. The van der Waals surface area contributed by atoms with Gasteiger partial charge in [-0.05, 0) is 18.8 Å². The molecule has 0 aromatic carbocycles. The Morgan fingerprint density at radius 3 is 1.38 bits per heavy atom. The van der Waals surface area contributed by atoms with Gasteiger partial charge in [-0.1, -0.05) is 104 Å². The van der Waals surface area contributed by atoms with E-state index in [9.17, 15) is 13.0 Å². The quantitative estimate of drug-likeness (QED) is 0.140. The van der Waals surface area contributed by atoms with E-state index in [4.69, 9.17) is 0 Å². The molecular formula is C20H41KO4S. The van der Waals surface area contributed by atoms with E-state index < -0.39 is 10.4 Å². The van der Waals surface area contributed by atoms with Gasteiger partial charge in [0.15, 0.2) is 0 Å². The Kier molecular flexibility index (Phi) is 24.2. The topological polar surface area (TPSA) is 66.4 Å². The van der Waals surface area contributed by atoms with Crippen molar-refractivity contribution in [3.63, 3.8) is 0 Å². The fraction of sp³-hybridized carbons (Fsp3) is 1.00. The zero-order valence-electron chi connectivity index (χ0n) is 17.6. The molecule has 0 unspecified atom stereocenters. The Balaban J connectivity index is 0. The maximum Gasteiger partial charge on any atom is 1.00 e. The second-order valence-electron chi connectivity index (χ2n) is 7.38. The van der Waals surface area contributed by atoms with Gasteiger partial charge in [0.25, 0.3) is 0 Å². The minimum Gasteiger partial charge on any atom is -0.726 e. The van der Waals surface area contributed by atoms with Crippen LogP contribution in [0.25, 0.3) is 0 Å². The van der Waals surface area contributed by atoms with Crippen LogP contribution in [0.5, 0.6) is 0 Å². The van der Waals surface area contributed by atoms with Crippen LogP contribution in [-0.4, -0.2) is 19.6 Å². The molecule has 0 radical (unpaired) electrons. The summed E-state index contributed by atoms with van der Waals surface area (Å²) in [7, 11) is -4.56. The van der Waals surface area contributed by atoms with E-state index in [1.54, 1.807) is 0 Å². The van der Waals surface area contributed by atoms with Gasteiger partial charge in [0, 0.05) is 0 Å². The number of hydrogen-bond donors (Lipinski definition) is 0. The summed E-state index contributed by atoms with van der Waals surface area (Å²) in [4.78, 5) is 0. The van der Waals surface area contributed by atoms with E-state index in [1.165, 1.54) is 77.0 Å².